The Labute approximate surface area is 110 Å². The zero-order valence-electron chi connectivity index (χ0n) is 10.2. The van der Waals surface area contributed by atoms with E-state index in [0.29, 0.717) is 0 Å². The minimum atomic E-state index is -4.06. The molecule has 1 saturated carbocycles. The van der Waals surface area contributed by atoms with Crippen molar-refractivity contribution in [2.45, 2.75) is 25.3 Å². The fraction of sp³-hybridized carbons (Fsp3) is 0.700. The molecule has 1 saturated heterocycles. The molecule has 0 bridgehead atoms. The molecule has 0 radical (unpaired) electrons. The Morgan fingerprint density at radius 1 is 1.37 bits per heavy atom. The molecule has 9 heteroatoms. The van der Waals surface area contributed by atoms with Gasteiger partial charge in [-0.25, -0.2) is 8.42 Å². The van der Waals surface area contributed by atoms with E-state index in [1.807, 2.05) is 0 Å². The van der Waals surface area contributed by atoms with Gasteiger partial charge in [0.25, 0.3) is 0 Å². The summed E-state index contributed by atoms with van der Waals surface area (Å²) in [5, 5.41) is 0. The lowest BCUT2D eigenvalue weighted by molar-refractivity contribution is -0.129. The average Bonchev–Trinajstić information content (AvgIpc) is 2.99. The summed E-state index contributed by atoms with van der Waals surface area (Å²) in [6, 6.07) is 0.201. The van der Waals surface area contributed by atoms with Crippen LogP contribution in [0.25, 0.3) is 0 Å². The Balaban J connectivity index is 1.94. The second-order valence-corrected chi connectivity index (χ2v) is 6.59. The minimum Gasteiger partial charge on any atom is -0.369 e. The largest absolute Gasteiger partial charge is 0.369 e. The van der Waals surface area contributed by atoms with Crippen LogP contribution in [-0.2, 0) is 24.4 Å². The van der Waals surface area contributed by atoms with E-state index in [-0.39, 0.29) is 24.9 Å². The molecule has 3 N–H and O–H groups in total. The van der Waals surface area contributed by atoms with Crippen LogP contribution in [0, 0.1) is 5.92 Å². The lowest BCUT2D eigenvalue weighted by atomic mass is 10.1. The van der Waals surface area contributed by atoms with Gasteiger partial charge in [0.05, 0.1) is 5.92 Å². The van der Waals surface area contributed by atoms with Gasteiger partial charge in [-0.3, -0.25) is 19.1 Å². The van der Waals surface area contributed by atoms with Crippen LogP contribution in [0.3, 0.4) is 0 Å². The van der Waals surface area contributed by atoms with Crippen molar-refractivity contribution in [3.63, 3.8) is 0 Å². The van der Waals surface area contributed by atoms with E-state index in [1.54, 1.807) is 9.62 Å². The fourth-order valence-corrected chi connectivity index (χ4v) is 3.03. The first kappa shape index (κ1) is 13.8. The number of hydrogen-bond acceptors (Lipinski definition) is 5. The van der Waals surface area contributed by atoms with E-state index in [1.165, 1.54) is 0 Å². The van der Waals surface area contributed by atoms with Crippen molar-refractivity contribution in [2.75, 3.05) is 12.3 Å². The maximum absolute atomic E-state index is 11.8. The molecule has 19 heavy (non-hydrogen) atoms. The maximum Gasteiger partial charge on any atom is 0.243 e. The number of nitrogens with two attached hydrogens (primary N) is 1. The van der Waals surface area contributed by atoms with Crippen LogP contribution in [0.4, 0.5) is 0 Å². The number of rotatable bonds is 5. The molecular formula is C10H15N3O5S. The first-order chi connectivity index (χ1) is 8.78. The second-order valence-electron chi connectivity index (χ2n) is 4.87. The van der Waals surface area contributed by atoms with Gasteiger partial charge in [0, 0.05) is 19.0 Å². The molecule has 0 aromatic heterocycles. The monoisotopic (exact) mass is 289 g/mol. The Bertz CT molecular complexity index is 525. The van der Waals surface area contributed by atoms with Crippen LogP contribution in [0.2, 0.25) is 0 Å². The number of amides is 3. The van der Waals surface area contributed by atoms with Crippen molar-refractivity contribution < 1.29 is 22.8 Å². The molecule has 2 aliphatic rings. The highest BCUT2D eigenvalue weighted by Crippen LogP contribution is 2.32. The third-order valence-electron chi connectivity index (χ3n) is 3.11. The number of sulfonamides is 1. The Morgan fingerprint density at radius 2 is 2.00 bits per heavy atom. The van der Waals surface area contributed by atoms with Gasteiger partial charge < -0.3 is 10.6 Å². The topological polar surface area (TPSA) is 127 Å². The number of carbonyl (C=O) groups excluding carboxylic acids is 3. The van der Waals surface area contributed by atoms with Crippen molar-refractivity contribution in [2.24, 2.45) is 11.7 Å². The van der Waals surface area contributed by atoms with Crippen molar-refractivity contribution in [3.8, 4) is 0 Å². The van der Waals surface area contributed by atoms with Gasteiger partial charge in [-0.15, -0.1) is 0 Å². The lowest BCUT2D eigenvalue weighted by Crippen LogP contribution is -2.41. The van der Waals surface area contributed by atoms with Crippen molar-refractivity contribution >= 4 is 27.7 Å². The number of carbonyl (C=O) groups is 3. The molecule has 1 atom stereocenters. The summed E-state index contributed by atoms with van der Waals surface area (Å²) in [6.45, 7) is 0.238. The Morgan fingerprint density at radius 3 is 2.53 bits per heavy atom. The van der Waals surface area contributed by atoms with Crippen LogP contribution in [0.15, 0.2) is 0 Å². The number of likely N-dealkylation sites (tertiary alicyclic amines) is 1. The first-order valence-corrected chi connectivity index (χ1v) is 7.56. The third-order valence-corrected chi connectivity index (χ3v) is 4.28. The molecule has 1 heterocycles. The van der Waals surface area contributed by atoms with Crippen molar-refractivity contribution in [1.29, 1.82) is 0 Å². The summed E-state index contributed by atoms with van der Waals surface area (Å²) in [5.74, 6) is -3.54. The van der Waals surface area contributed by atoms with Crippen molar-refractivity contribution in [1.82, 2.24) is 9.62 Å². The highest BCUT2D eigenvalue weighted by molar-refractivity contribution is 7.90. The minimum absolute atomic E-state index is 0.00836. The molecule has 2 rings (SSSR count). The van der Waals surface area contributed by atoms with Crippen LogP contribution in [-0.4, -0.2) is 49.4 Å². The molecule has 0 aromatic carbocycles. The number of hydrogen-bond donors (Lipinski definition) is 2. The van der Waals surface area contributed by atoms with Gasteiger partial charge in [0.1, 0.15) is 5.75 Å². The molecule has 3 amide bonds. The van der Waals surface area contributed by atoms with Gasteiger partial charge in [0.15, 0.2) is 0 Å². The summed E-state index contributed by atoms with van der Waals surface area (Å²) in [4.78, 5) is 35.6. The molecule has 2 fully saturated rings. The molecule has 0 aromatic rings. The van der Waals surface area contributed by atoms with E-state index in [2.05, 4.69) is 0 Å². The summed E-state index contributed by atoms with van der Waals surface area (Å²) in [7, 11) is -4.06. The summed E-state index contributed by atoms with van der Waals surface area (Å²) >= 11 is 0. The first-order valence-electron chi connectivity index (χ1n) is 5.90. The van der Waals surface area contributed by atoms with Crippen LogP contribution < -0.4 is 10.5 Å². The van der Waals surface area contributed by atoms with Gasteiger partial charge in [-0.05, 0) is 12.8 Å². The summed E-state index contributed by atoms with van der Waals surface area (Å²) in [6.07, 6.45) is 1.87. The van der Waals surface area contributed by atoms with E-state index < -0.39 is 33.5 Å². The lowest BCUT2D eigenvalue weighted by Gasteiger charge is -2.15. The summed E-state index contributed by atoms with van der Waals surface area (Å²) in [5.41, 5.74) is 4.77. The normalized spacial score (nSPS) is 23.5. The number of primary amides is 1. The highest BCUT2D eigenvalue weighted by Gasteiger charge is 2.42. The average molecular weight is 289 g/mol. The van der Waals surface area contributed by atoms with Gasteiger partial charge in [-0.2, -0.15) is 0 Å². The van der Waals surface area contributed by atoms with Crippen LogP contribution in [0.1, 0.15) is 19.3 Å². The van der Waals surface area contributed by atoms with Crippen LogP contribution >= 0.6 is 0 Å². The predicted octanol–water partition coefficient (Wildman–Crippen LogP) is -2.07. The van der Waals surface area contributed by atoms with Crippen LogP contribution in [0.5, 0.6) is 0 Å². The van der Waals surface area contributed by atoms with E-state index in [4.69, 9.17) is 5.73 Å². The Kier molecular flexibility index (Phi) is 3.48. The predicted molar refractivity (Wildman–Crippen MR) is 64.0 cm³/mol. The summed E-state index contributed by atoms with van der Waals surface area (Å²) < 4.78 is 24.6. The van der Waals surface area contributed by atoms with Gasteiger partial charge >= 0.3 is 0 Å². The molecule has 8 nitrogen and oxygen atoms in total. The van der Waals surface area contributed by atoms with E-state index in [9.17, 15) is 22.8 Å². The number of nitrogens with one attached hydrogen (secondary N) is 1. The maximum atomic E-state index is 11.8. The molecule has 106 valence electrons. The van der Waals surface area contributed by atoms with E-state index >= 15 is 0 Å². The molecule has 1 aliphatic heterocycles. The van der Waals surface area contributed by atoms with Gasteiger partial charge in [0.2, 0.25) is 27.7 Å². The Hall–Kier alpha value is -1.64. The molecule has 1 aliphatic carbocycles. The van der Waals surface area contributed by atoms with E-state index in [0.717, 1.165) is 12.8 Å². The highest BCUT2D eigenvalue weighted by atomic mass is 32.2. The molecular weight excluding hydrogens is 274 g/mol. The van der Waals surface area contributed by atoms with Gasteiger partial charge in [-0.1, -0.05) is 0 Å². The van der Waals surface area contributed by atoms with Crippen molar-refractivity contribution in [3.05, 3.63) is 0 Å². The third kappa shape index (κ3) is 3.43. The zero-order valence-corrected chi connectivity index (χ0v) is 11.0. The SMILES string of the molecule is NC(=O)CS(=O)(=O)NC(=O)C1CC(=O)N(C2CC2)C1. The second kappa shape index (κ2) is 4.80. The fourth-order valence-electron chi connectivity index (χ4n) is 2.11. The number of nitrogens with zero attached hydrogens (tertiary/aromatic N) is 1. The smallest absolute Gasteiger partial charge is 0.243 e. The quantitative estimate of drug-likeness (QED) is 0.601. The molecule has 0 spiro atoms. The zero-order chi connectivity index (χ0) is 14.2. The molecule has 1 unspecified atom stereocenters. The standard InChI is InChI=1S/C10H15N3O5S/c11-8(14)5-19(17,18)12-10(16)6-3-9(15)13(4-6)7-1-2-7/h6-7H,1-5H2,(H2,11,14)(H,12,16).